The molecule has 1 fully saturated rings. The van der Waals surface area contributed by atoms with Gasteiger partial charge in [-0.15, -0.1) is 0 Å². The number of carbonyl (C=O) groups excluding carboxylic acids is 1. The largest absolute Gasteiger partial charge is 0.494 e. The summed E-state index contributed by atoms with van der Waals surface area (Å²) in [5.74, 6) is 1.98. The number of piperidine rings is 1. The molecule has 4 rings (SSSR count). The number of hydrogen-bond donors (Lipinski definition) is 1. The molecular weight excluding hydrogens is 416 g/mol. The predicted octanol–water partition coefficient (Wildman–Crippen LogP) is 4.64. The molecule has 3 aromatic rings. The van der Waals surface area contributed by atoms with Crippen LogP contribution in [0.25, 0.3) is 11.4 Å². The number of carbonyl (C=O) groups is 1. The number of rotatable bonds is 7. The van der Waals surface area contributed by atoms with E-state index in [1.807, 2.05) is 43.3 Å². The highest BCUT2D eigenvalue weighted by Crippen LogP contribution is 2.23. The summed E-state index contributed by atoms with van der Waals surface area (Å²) in [5, 5.41) is 7.74. The molecule has 1 aliphatic rings. The molecule has 0 bridgehead atoms. The lowest BCUT2D eigenvalue weighted by Gasteiger charge is -2.30. The summed E-state index contributed by atoms with van der Waals surface area (Å²) in [7, 11) is 0. The van der Waals surface area contributed by atoms with Gasteiger partial charge in [-0.05, 0) is 81.4 Å². The van der Waals surface area contributed by atoms with E-state index in [-0.39, 0.29) is 11.8 Å². The Labute approximate surface area is 186 Å². The molecule has 0 aliphatic carbocycles. The van der Waals surface area contributed by atoms with E-state index in [0.29, 0.717) is 29.9 Å². The minimum atomic E-state index is -0.00451. The summed E-state index contributed by atoms with van der Waals surface area (Å²) in [6.07, 6.45) is 1.59. The van der Waals surface area contributed by atoms with Crippen molar-refractivity contribution in [2.75, 3.05) is 25.0 Å². The molecule has 0 spiro atoms. The molecule has 8 heteroatoms. The SMILES string of the molecule is CCOc1ccc(NC(=O)C2CCN(Cc3nc(-c4ccc(Cl)cc4)no3)CC2)cc1. The first-order chi connectivity index (χ1) is 15.1. The third-order valence-electron chi connectivity index (χ3n) is 5.32. The van der Waals surface area contributed by atoms with E-state index in [1.54, 1.807) is 12.1 Å². The van der Waals surface area contributed by atoms with Gasteiger partial charge < -0.3 is 14.6 Å². The smallest absolute Gasteiger partial charge is 0.241 e. The lowest BCUT2D eigenvalue weighted by atomic mass is 9.96. The molecule has 1 aliphatic heterocycles. The van der Waals surface area contributed by atoms with Crippen molar-refractivity contribution in [2.24, 2.45) is 5.92 Å². The monoisotopic (exact) mass is 440 g/mol. The van der Waals surface area contributed by atoms with Gasteiger partial charge in [-0.1, -0.05) is 16.8 Å². The maximum absolute atomic E-state index is 12.6. The number of nitrogens with zero attached hydrogens (tertiary/aromatic N) is 3. The van der Waals surface area contributed by atoms with Gasteiger partial charge in [-0.2, -0.15) is 4.98 Å². The first-order valence-corrected chi connectivity index (χ1v) is 10.8. The summed E-state index contributed by atoms with van der Waals surface area (Å²) >= 11 is 5.93. The highest BCUT2D eigenvalue weighted by atomic mass is 35.5. The van der Waals surface area contributed by atoms with Crippen LogP contribution in [0.15, 0.2) is 53.1 Å². The van der Waals surface area contributed by atoms with Gasteiger partial charge in [0.05, 0.1) is 13.2 Å². The normalized spacial score (nSPS) is 15.0. The number of anilines is 1. The molecule has 2 aromatic carbocycles. The second kappa shape index (κ2) is 9.94. The van der Waals surface area contributed by atoms with Crippen molar-refractivity contribution in [1.82, 2.24) is 15.0 Å². The summed E-state index contributed by atoms with van der Waals surface area (Å²) in [6, 6.07) is 14.8. The molecular formula is C23H25ClN4O3. The van der Waals surface area contributed by atoms with E-state index in [9.17, 15) is 4.79 Å². The Balaban J connectivity index is 1.26. The van der Waals surface area contributed by atoms with Crippen LogP contribution in [0.1, 0.15) is 25.7 Å². The molecule has 1 saturated heterocycles. The Bertz CT molecular complexity index is 996. The predicted molar refractivity (Wildman–Crippen MR) is 119 cm³/mol. The van der Waals surface area contributed by atoms with Gasteiger partial charge in [0.15, 0.2) is 0 Å². The van der Waals surface area contributed by atoms with Crippen molar-refractivity contribution in [3.63, 3.8) is 0 Å². The second-order valence-electron chi connectivity index (χ2n) is 7.52. The van der Waals surface area contributed by atoms with Gasteiger partial charge in [0.1, 0.15) is 5.75 Å². The minimum absolute atomic E-state index is 0.00451. The number of hydrogen-bond acceptors (Lipinski definition) is 6. The van der Waals surface area contributed by atoms with E-state index < -0.39 is 0 Å². The fraction of sp³-hybridized carbons (Fsp3) is 0.348. The fourth-order valence-electron chi connectivity index (χ4n) is 3.63. The second-order valence-corrected chi connectivity index (χ2v) is 7.95. The van der Waals surface area contributed by atoms with Crippen molar-refractivity contribution < 1.29 is 14.1 Å². The van der Waals surface area contributed by atoms with Crippen LogP contribution in [0.5, 0.6) is 5.75 Å². The Morgan fingerprint density at radius 2 is 1.87 bits per heavy atom. The van der Waals surface area contributed by atoms with Gasteiger partial charge in [0.25, 0.3) is 0 Å². The van der Waals surface area contributed by atoms with Crippen LogP contribution in [-0.2, 0) is 11.3 Å². The van der Waals surface area contributed by atoms with Gasteiger partial charge >= 0.3 is 0 Å². The van der Waals surface area contributed by atoms with Gasteiger partial charge in [0, 0.05) is 22.2 Å². The zero-order valence-electron chi connectivity index (χ0n) is 17.4. The van der Waals surface area contributed by atoms with Crippen molar-refractivity contribution in [3.8, 4) is 17.1 Å². The standard InChI is InChI=1S/C23H25ClN4O3/c1-2-30-20-9-7-19(8-10-20)25-23(29)17-11-13-28(14-12-17)15-21-26-22(27-31-21)16-3-5-18(24)6-4-16/h3-10,17H,2,11-15H2,1H3,(H,25,29). The molecule has 31 heavy (non-hydrogen) atoms. The number of amides is 1. The Kier molecular flexibility index (Phi) is 6.84. The summed E-state index contributed by atoms with van der Waals surface area (Å²) in [4.78, 5) is 19.3. The topological polar surface area (TPSA) is 80.5 Å². The summed E-state index contributed by atoms with van der Waals surface area (Å²) in [6.45, 7) is 4.75. The number of likely N-dealkylation sites (tertiary alicyclic amines) is 1. The average Bonchev–Trinajstić information content (AvgIpc) is 3.25. The zero-order chi connectivity index (χ0) is 21.6. The third-order valence-corrected chi connectivity index (χ3v) is 5.57. The van der Waals surface area contributed by atoms with E-state index >= 15 is 0 Å². The highest BCUT2D eigenvalue weighted by molar-refractivity contribution is 6.30. The molecule has 1 aromatic heterocycles. The van der Waals surface area contributed by atoms with Gasteiger partial charge in [0.2, 0.25) is 17.6 Å². The van der Waals surface area contributed by atoms with Crippen LogP contribution in [0.4, 0.5) is 5.69 Å². The van der Waals surface area contributed by atoms with Crippen LogP contribution in [0.2, 0.25) is 5.02 Å². The number of ether oxygens (including phenoxy) is 1. The molecule has 0 atom stereocenters. The lowest BCUT2D eigenvalue weighted by molar-refractivity contribution is -0.121. The minimum Gasteiger partial charge on any atom is -0.494 e. The molecule has 0 unspecified atom stereocenters. The Morgan fingerprint density at radius 3 is 2.55 bits per heavy atom. The van der Waals surface area contributed by atoms with Crippen molar-refractivity contribution >= 4 is 23.2 Å². The van der Waals surface area contributed by atoms with E-state index in [0.717, 1.165) is 42.9 Å². The maximum Gasteiger partial charge on any atom is 0.241 e. The zero-order valence-corrected chi connectivity index (χ0v) is 18.1. The van der Waals surface area contributed by atoms with Gasteiger partial charge in [-0.3, -0.25) is 9.69 Å². The maximum atomic E-state index is 12.6. The average molecular weight is 441 g/mol. The van der Waals surface area contributed by atoms with Crippen LogP contribution >= 0.6 is 11.6 Å². The van der Waals surface area contributed by atoms with Gasteiger partial charge in [-0.25, -0.2) is 0 Å². The Morgan fingerprint density at radius 1 is 1.16 bits per heavy atom. The molecule has 1 N–H and O–H groups in total. The summed E-state index contributed by atoms with van der Waals surface area (Å²) in [5.41, 5.74) is 1.65. The molecule has 1 amide bonds. The van der Waals surface area contributed by atoms with Crippen LogP contribution in [0.3, 0.4) is 0 Å². The highest BCUT2D eigenvalue weighted by Gasteiger charge is 2.26. The molecule has 2 heterocycles. The fourth-order valence-corrected chi connectivity index (χ4v) is 3.75. The van der Waals surface area contributed by atoms with Crippen molar-refractivity contribution in [3.05, 3.63) is 59.4 Å². The molecule has 7 nitrogen and oxygen atoms in total. The van der Waals surface area contributed by atoms with E-state index in [1.165, 1.54) is 0 Å². The molecule has 162 valence electrons. The van der Waals surface area contributed by atoms with E-state index in [4.69, 9.17) is 20.9 Å². The quantitative estimate of drug-likeness (QED) is 0.576. The van der Waals surface area contributed by atoms with Crippen molar-refractivity contribution in [2.45, 2.75) is 26.3 Å². The lowest BCUT2D eigenvalue weighted by Crippen LogP contribution is -2.37. The summed E-state index contributed by atoms with van der Waals surface area (Å²) < 4.78 is 10.8. The first kappa shape index (κ1) is 21.3. The van der Waals surface area contributed by atoms with Crippen molar-refractivity contribution in [1.29, 1.82) is 0 Å². The molecule has 0 saturated carbocycles. The number of nitrogens with one attached hydrogen (secondary N) is 1. The van der Waals surface area contributed by atoms with Crippen LogP contribution in [0, 0.1) is 5.92 Å². The number of benzene rings is 2. The number of halogens is 1. The first-order valence-electron chi connectivity index (χ1n) is 10.5. The van der Waals surface area contributed by atoms with Crippen LogP contribution < -0.4 is 10.1 Å². The van der Waals surface area contributed by atoms with E-state index in [2.05, 4.69) is 20.4 Å². The van der Waals surface area contributed by atoms with Crippen LogP contribution in [-0.4, -0.2) is 40.6 Å². The number of aromatic nitrogens is 2. The Hall–Kier alpha value is -2.90. The molecule has 0 radical (unpaired) electrons. The third kappa shape index (κ3) is 5.62.